The van der Waals surface area contributed by atoms with Crippen molar-refractivity contribution in [1.82, 2.24) is 0 Å². The maximum absolute atomic E-state index is 13.2. The number of halogens is 1. The Morgan fingerprint density at radius 3 is 2.50 bits per heavy atom. The molecular formula is C12H17FO. The summed E-state index contributed by atoms with van der Waals surface area (Å²) < 4.78 is 13.2. The minimum atomic E-state index is -0.309. The van der Waals surface area contributed by atoms with E-state index in [1.54, 1.807) is 19.1 Å². The molecule has 0 amide bonds. The second-order valence-electron chi connectivity index (χ2n) is 3.99. The summed E-state index contributed by atoms with van der Waals surface area (Å²) in [5.74, 6) is 0.164. The van der Waals surface area contributed by atoms with Crippen LogP contribution >= 0.6 is 0 Å². The highest BCUT2D eigenvalue weighted by Crippen LogP contribution is 2.16. The van der Waals surface area contributed by atoms with Crippen LogP contribution in [0.4, 0.5) is 4.39 Å². The maximum Gasteiger partial charge on any atom is 0.126 e. The average molecular weight is 196 g/mol. The van der Waals surface area contributed by atoms with Gasteiger partial charge in [-0.05, 0) is 37.3 Å². The number of benzene rings is 1. The van der Waals surface area contributed by atoms with Gasteiger partial charge in [0.05, 0.1) is 6.10 Å². The number of aliphatic hydroxyl groups is 1. The molecule has 0 aliphatic rings. The van der Waals surface area contributed by atoms with Crippen LogP contribution in [-0.4, -0.2) is 11.2 Å². The molecule has 1 aromatic rings. The van der Waals surface area contributed by atoms with Crippen molar-refractivity contribution >= 4 is 0 Å². The topological polar surface area (TPSA) is 20.2 Å². The lowest BCUT2D eigenvalue weighted by Gasteiger charge is -2.13. The second-order valence-corrected chi connectivity index (χ2v) is 3.99. The molecule has 0 saturated carbocycles. The Labute approximate surface area is 84.6 Å². The van der Waals surface area contributed by atoms with Crippen molar-refractivity contribution in [2.24, 2.45) is 5.92 Å². The highest BCUT2D eigenvalue weighted by molar-refractivity contribution is 5.17. The van der Waals surface area contributed by atoms with Crippen LogP contribution in [0.1, 0.15) is 25.8 Å². The van der Waals surface area contributed by atoms with Gasteiger partial charge in [-0.2, -0.15) is 0 Å². The van der Waals surface area contributed by atoms with Gasteiger partial charge in [0.1, 0.15) is 5.82 Å². The van der Waals surface area contributed by atoms with E-state index in [0.717, 1.165) is 5.56 Å². The van der Waals surface area contributed by atoms with Crippen molar-refractivity contribution in [2.45, 2.75) is 32.8 Å². The number of hydrogen-bond acceptors (Lipinski definition) is 1. The molecule has 0 aliphatic carbocycles. The first kappa shape index (κ1) is 11.2. The lowest BCUT2D eigenvalue weighted by molar-refractivity contribution is 0.164. The Balaban J connectivity index is 2.56. The predicted octanol–water partition coefficient (Wildman–Crippen LogP) is 2.78. The first-order valence-corrected chi connectivity index (χ1v) is 5.01. The van der Waals surface area contributed by atoms with Crippen molar-refractivity contribution in [2.75, 3.05) is 0 Å². The van der Waals surface area contributed by atoms with E-state index in [1.165, 1.54) is 6.07 Å². The molecule has 2 heteroatoms. The van der Waals surface area contributed by atoms with E-state index < -0.39 is 0 Å². The van der Waals surface area contributed by atoms with Crippen LogP contribution in [0.5, 0.6) is 0 Å². The molecule has 0 radical (unpaired) electrons. The van der Waals surface area contributed by atoms with E-state index in [0.29, 0.717) is 18.8 Å². The Kier molecular flexibility index (Phi) is 4.08. The lowest BCUT2D eigenvalue weighted by atomic mass is 9.96. The van der Waals surface area contributed by atoms with Gasteiger partial charge in [0.25, 0.3) is 0 Å². The largest absolute Gasteiger partial charge is 0.393 e. The minimum Gasteiger partial charge on any atom is -0.393 e. The van der Waals surface area contributed by atoms with Gasteiger partial charge in [-0.1, -0.05) is 25.1 Å². The van der Waals surface area contributed by atoms with Crippen molar-refractivity contribution in [3.8, 4) is 0 Å². The van der Waals surface area contributed by atoms with Gasteiger partial charge in [0.15, 0.2) is 0 Å². The van der Waals surface area contributed by atoms with Crippen LogP contribution < -0.4 is 0 Å². The fourth-order valence-electron chi connectivity index (χ4n) is 1.71. The molecule has 0 aromatic heterocycles. The van der Waals surface area contributed by atoms with E-state index >= 15 is 0 Å². The molecule has 14 heavy (non-hydrogen) atoms. The molecule has 78 valence electrons. The summed E-state index contributed by atoms with van der Waals surface area (Å²) in [6, 6.07) is 6.81. The highest BCUT2D eigenvalue weighted by atomic mass is 19.1. The van der Waals surface area contributed by atoms with Crippen LogP contribution in [0.2, 0.25) is 0 Å². The quantitative estimate of drug-likeness (QED) is 0.785. The van der Waals surface area contributed by atoms with Crippen molar-refractivity contribution in [3.05, 3.63) is 35.6 Å². The van der Waals surface area contributed by atoms with Crippen LogP contribution in [0.15, 0.2) is 24.3 Å². The molecule has 0 heterocycles. The normalized spacial score (nSPS) is 15.1. The molecule has 1 rings (SSSR count). The molecule has 0 fully saturated rings. The van der Waals surface area contributed by atoms with Gasteiger partial charge in [0.2, 0.25) is 0 Å². The zero-order valence-electron chi connectivity index (χ0n) is 8.70. The fraction of sp³-hybridized carbons (Fsp3) is 0.500. The highest BCUT2D eigenvalue weighted by Gasteiger charge is 2.09. The first-order valence-electron chi connectivity index (χ1n) is 5.01. The third kappa shape index (κ3) is 3.46. The molecular weight excluding hydrogens is 179 g/mol. The number of aliphatic hydroxyl groups excluding tert-OH is 1. The number of rotatable bonds is 4. The summed E-state index contributed by atoms with van der Waals surface area (Å²) in [5, 5.41) is 9.18. The third-order valence-electron chi connectivity index (χ3n) is 2.27. The second kappa shape index (κ2) is 5.11. The Bertz CT molecular complexity index is 283. The summed E-state index contributed by atoms with van der Waals surface area (Å²) in [6.07, 6.45) is 1.10. The molecule has 1 N–H and O–H groups in total. The SMILES string of the molecule is CC(O)CC(C)Cc1ccccc1F. The van der Waals surface area contributed by atoms with Gasteiger partial charge in [-0.15, -0.1) is 0 Å². The van der Waals surface area contributed by atoms with E-state index in [4.69, 9.17) is 0 Å². The number of hydrogen-bond donors (Lipinski definition) is 1. The Morgan fingerprint density at radius 2 is 1.93 bits per heavy atom. The fourth-order valence-corrected chi connectivity index (χ4v) is 1.71. The summed E-state index contributed by atoms with van der Waals surface area (Å²) in [6.45, 7) is 3.79. The van der Waals surface area contributed by atoms with Crippen molar-refractivity contribution < 1.29 is 9.50 Å². The van der Waals surface area contributed by atoms with Crippen LogP contribution in [0.25, 0.3) is 0 Å². The van der Waals surface area contributed by atoms with E-state index in [2.05, 4.69) is 0 Å². The first-order chi connectivity index (χ1) is 6.59. The Hall–Kier alpha value is -0.890. The summed E-state index contributed by atoms with van der Waals surface area (Å²) in [7, 11) is 0. The van der Waals surface area contributed by atoms with Crippen molar-refractivity contribution in [3.63, 3.8) is 0 Å². The molecule has 2 atom stereocenters. The predicted molar refractivity (Wildman–Crippen MR) is 55.6 cm³/mol. The van der Waals surface area contributed by atoms with E-state index in [1.807, 2.05) is 13.0 Å². The molecule has 1 aromatic carbocycles. The molecule has 2 unspecified atom stereocenters. The van der Waals surface area contributed by atoms with E-state index in [-0.39, 0.29) is 11.9 Å². The van der Waals surface area contributed by atoms with Gasteiger partial charge in [-0.25, -0.2) is 4.39 Å². The average Bonchev–Trinajstić information content (AvgIpc) is 2.07. The molecule has 0 spiro atoms. The summed E-state index contributed by atoms with van der Waals surface area (Å²) in [5.41, 5.74) is 0.737. The zero-order valence-corrected chi connectivity index (χ0v) is 8.70. The Morgan fingerprint density at radius 1 is 1.29 bits per heavy atom. The van der Waals surface area contributed by atoms with Crippen LogP contribution in [-0.2, 0) is 6.42 Å². The van der Waals surface area contributed by atoms with Gasteiger partial charge >= 0.3 is 0 Å². The third-order valence-corrected chi connectivity index (χ3v) is 2.27. The minimum absolute atomic E-state index is 0.148. The van der Waals surface area contributed by atoms with Crippen molar-refractivity contribution in [1.29, 1.82) is 0 Å². The monoisotopic (exact) mass is 196 g/mol. The molecule has 1 nitrogen and oxygen atoms in total. The summed E-state index contributed by atoms with van der Waals surface area (Å²) >= 11 is 0. The standard InChI is InChI=1S/C12H17FO/c1-9(7-10(2)14)8-11-5-3-4-6-12(11)13/h3-6,9-10,14H,7-8H2,1-2H3. The van der Waals surface area contributed by atoms with Gasteiger partial charge in [-0.3, -0.25) is 0 Å². The zero-order chi connectivity index (χ0) is 10.6. The molecule has 0 aliphatic heterocycles. The summed E-state index contributed by atoms with van der Waals surface area (Å²) in [4.78, 5) is 0. The van der Waals surface area contributed by atoms with Crippen LogP contribution in [0, 0.1) is 11.7 Å². The van der Waals surface area contributed by atoms with Gasteiger partial charge in [0, 0.05) is 0 Å². The smallest absolute Gasteiger partial charge is 0.126 e. The van der Waals surface area contributed by atoms with Crippen LogP contribution in [0.3, 0.4) is 0 Å². The maximum atomic E-state index is 13.2. The van der Waals surface area contributed by atoms with Gasteiger partial charge < -0.3 is 5.11 Å². The van der Waals surface area contributed by atoms with E-state index in [9.17, 15) is 9.50 Å². The molecule has 0 saturated heterocycles. The molecule has 0 bridgehead atoms. The lowest BCUT2D eigenvalue weighted by Crippen LogP contribution is -2.10.